The van der Waals surface area contributed by atoms with Crippen LogP contribution in [0.2, 0.25) is 0 Å². The van der Waals surface area contributed by atoms with Gasteiger partial charge < -0.3 is 19.9 Å². The molecule has 0 saturated carbocycles. The maximum Gasteiger partial charge on any atom is 0.332 e. The first-order chi connectivity index (χ1) is 16.6. The Morgan fingerprint density at radius 2 is 1.88 bits per heavy atom. The molecule has 4 heterocycles. The van der Waals surface area contributed by atoms with Gasteiger partial charge in [-0.25, -0.2) is 9.69 Å². The van der Waals surface area contributed by atoms with Gasteiger partial charge in [0, 0.05) is 31.6 Å². The van der Waals surface area contributed by atoms with Crippen molar-refractivity contribution < 1.29 is 14.3 Å². The maximum absolute atomic E-state index is 13.6. The van der Waals surface area contributed by atoms with E-state index >= 15 is 0 Å². The first kappa shape index (κ1) is 21.8. The van der Waals surface area contributed by atoms with Gasteiger partial charge in [0.15, 0.2) is 5.11 Å². The van der Waals surface area contributed by atoms with E-state index in [2.05, 4.69) is 15.1 Å². The summed E-state index contributed by atoms with van der Waals surface area (Å²) >= 11 is 5.71. The lowest BCUT2D eigenvalue weighted by atomic mass is 10.1. The van der Waals surface area contributed by atoms with Crippen LogP contribution in [0.5, 0.6) is 0 Å². The van der Waals surface area contributed by atoms with Crippen LogP contribution in [0.25, 0.3) is 10.8 Å². The number of morpholine rings is 1. The van der Waals surface area contributed by atoms with Gasteiger partial charge in [0.2, 0.25) is 0 Å². The molecular weight excluding hydrogens is 450 g/mol. The third kappa shape index (κ3) is 3.54. The topological polar surface area (TPSA) is 68.4 Å². The molecule has 9 heteroatoms. The molecule has 34 heavy (non-hydrogen) atoms. The quantitative estimate of drug-likeness (QED) is 0.400. The smallest absolute Gasteiger partial charge is 0.332 e. The van der Waals surface area contributed by atoms with Crippen molar-refractivity contribution in [3.05, 3.63) is 42.5 Å². The maximum atomic E-state index is 13.6. The molecule has 0 aliphatic carbocycles. The van der Waals surface area contributed by atoms with Crippen LogP contribution < -0.4 is 10.2 Å². The Balaban J connectivity index is 1.13. The van der Waals surface area contributed by atoms with Gasteiger partial charge in [0.25, 0.3) is 5.91 Å². The molecule has 0 aromatic heterocycles. The Hall–Kier alpha value is -2.75. The number of hydrogen-bond acceptors (Lipinski definition) is 5. The highest BCUT2D eigenvalue weighted by molar-refractivity contribution is 7.80. The minimum Gasteiger partial charge on any atom is -0.379 e. The van der Waals surface area contributed by atoms with E-state index in [0.29, 0.717) is 17.3 Å². The fraction of sp³-hybridized carbons (Fsp3) is 0.480. The molecule has 0 radical (unpaired) electrons. The molecule has 6 rings (SSSR count). The predicted molar refractivity (Wildman–Crippen MR) is 134 cm³/mol. The molecule has 8 nitrogen and oxygen atoms in total. The van der Waals surface area contributed by atoms with E-state index in [0.717, 1.165) is 63.0 Å². The minimum atomic E-state index is -0.474. The zero-order chi connectivity index (χ0) is 23.2. The van der Waals surface area contributed by atoms with Gasteiger partial charge >= 0.3 is 6.03 Å². The molecular formula is C25H29N5O3S. The van der Waals surface area contributed by atoms with E-state index in [1.807, 2.05) is 42.5 Å². The Morgan fingerprint density at radius 1 is 1.09 bits per heavy atom. The summed E-state index contributed by atoms with van der Waals surface area (Å²) in [5.74, 6) is -0.145. The number of amides is 3. The standard InChI is InChI=1S/C25H29N5O3S/c31-23-22-21-15-18(16-28(21)24(34)26-9-4-10-27-11-13-33-14-12-27)29(22)25(32)30(23)20-8-3-6-17-5-1-2-7-19(17)20/h1-3,5-8,18,21-22H,4,9-16H2,(H,26,34)/t18-,21?,22?/m1/s1. The summed E-state index contributed by atoms with van der Waals surface area (Å²) in [6, 6.07) is 12.9. The number of nitrogens with zero attached hydrogens (tertiary/aromatic N) is 4. The molecule has 0 spiro atoms. The van der Waals surface area contributed by atoms with Crippen LogP contribution in [0, 0.1) is 0 Å². The number of fused-ring (bicyclic) bond motifs is 6. The van der Waals surface area contributed by atoms with Crippen LogP contribution in [0.15, 0.2) is 42.5 Å². The Bertz CT molecular complexity index is 1130. The highest BCUT2D eigenvalue weighted by atomic mass is 32.1. The zero-order valence-corrected chi connectivity index (χ0v) is 19.9. The number of thiocarbonyl (C=S) groups is 1. The average Bonchev–Trinajstić information content (AvgIpc) is 3.53. The molecule has 2 bridgehead atoms. The summed E-state index contributed by atoms with van der Waals surface area (Å²) in [4.78, 5) is 34.7. The molecule has 2 unspecified atom stereocenters. The summed E-state index contributed by atoms with van der Waals surface area (Å²) in [5.41, 5.74) is 0.664. The van der Waals surface area contributed by atoms with Gasteiger partial charge in [0.05, 0.1) is 31.0 Å². The lowest BCUT2D eigenvalue weighted by Crippen LogP contribution is -2.57. The van der Waals surface area contributed by atoms with Gasteiger partial charge in [-0.15, -0.1) is 0 Å². The number of ether oxygens (including phenoxy) is 1. The summed E-state index contributed by atoms with van der Waals surface area (Å²) in [7, 11) is 0. The molecule has 2 aromatic rings. The predicted octanol–water partition coefficient (Wildman–Crippen LogP) is 2.03. The fourth-order valence-electron chi connectivity index (χ4n) is 5.94. The van der Waals surface area contributed by atoms with Crippen LogP contribution in [0.4, 0.5) is 10.5 Å². The summed E-state index contributed by atoms with van der Waals surface area (Å²) in [5, 5.41) is 6.01. The van der Waals surface area contributed by atoms with E-state index in [-0.39, 0.29) is 24.0 Å². The number of rotatable bonds is 5. The second-order valence-corrected chi connectivity index (χ2v) is 9.84. The normalized spacial score (nSPS) is 26.6. The third-order valence-electron chi connectivity index (χ3n) is 7.56. The number of hydrogen-bond donors (Lipinski definition) is 1. The van der Waals surface area contributed by atoms with Crippen LogP contribution >= 0.6 is 12.2 Å². The van der Waals surface area contributed by atoms with Crippen molar-refractivity contribution in [3.63, 3.8) is 0 Å². The summed E-state index contributed by atoms with van der Waals surface area (Å²) in [6.45, 7) is 6.09. The number of piperazine rings is 1. The molecule has 4 fully saturated rings. The monoisotopic (exact) mass is 479 g/mol. The lowest BCUT2D eigenvalue weighted by Gasteiger charge is -2.36. The SMILES string of the molecule is O=C1C2C3C[C@H](CN3C(=S)NCCCN3CCOCC3)N2C(=O)N1c1cccc2ccccc12. The number of carbonyl (C=O) groups excluding carboxylic acids is 2. The number of imide groups is 1. The molecule has 1 N–H and O–H groups in total. The minimum absolute atomic E-state index is 0.0135. The first-order valence-electron chi connectivity index (χ1n) is 12.1. The summed E-state index contributed by atoms with van der Waals surface area (Å²) in [6.07, 6.45) is 1.80. The second-order valence-electron chi connectivity index (χ2n) is 9.46. The number of likely N-dealkylation sites (tertiary alicyclic amines) is 1. The summed E-state index contributed by atoms with van der Waals surface area (Å²) < 4.78 is 5.40. The van der Waals surface area contributed by atoms with Gasteiger partial charge in [0.1, 0.15) is 6.04 Å². The molecule has 4 saturated heterocycles. The third-order valence-corrected chi connectivity index (χ3v) is 7.94. The van der Waals surface area contributed by atoms with E-state index in [1.165, 1.54) is 4.90 Å². The number of benzene rings is 2. The van der Waals surface area contributed by atoms with E-state index in [9.17, 15) is 9.59 Å². The second kappa shape index (κ2) is 8.79. The fourth-order valence-corrected chi connectivity index (χ4v) is 6.25. The number of urea groups is 1. The van der Waals surface area contributed by atoms with Crippen LogP contribution in [-0.4, -0.2) is 95.8 Å². The van der Waals surface area contributed by atoms with Crippen molar-refractivity contribution in [1.29, 1.82) is 0 Å². The van der Waals surface area contributed by atoms with Crippen molar-refractivity contribution in [2.75, 3.05) is 50.8 Å². The van der Waals surface area contributed by atoms with E-state index in [1.54, 1.807) is 4.90 Å². The van der Waals surface area contributed by atoms with Gasteiger partial charge in [-0.2, -0.15) is 0 Å². The molecule has 2 aromatic carbocycles. The van der Waals surface area contributed by atoms with Crippen LogP contribution in [-0.2, 0) is 9.53 Å². The Morgan fingerprint density at radius 3 is 2.74 bits per heavy atom. The van der Waals surface area contributed by atoms with Crippen molar-refractivity contribution >= 4 is 45.7 Å². The van der Waals surface area contributed by atoms with Gasteiger partial charge in [-0.05, 0) is 43.1 Å². The number of nitrogens with one attached hydrogen (secondary N) is 1. The van der Waals surface area contributed by atoms with E-state index in [4.69, 9.17) is 17.0 Å². The average molecular weight is 480 g/mol. The highest BCUT2D eigenvalue weighted by Gasteiger charge is 2.62. The number of carbonyl (C=O) groups is 2. The van der Waals surface area contributed by atoms with Crippen molar-refractivity contribution in [3.8, 4) is 0 Å². The van der Waals surface area contributed by atoms with E-state index < -0.39 is 6.04 Å². The highest BCUT2D eigenvalue weighted by Crippen LogP contribution is 2.43. The molecule has 178 valence electrons. The van der Waals surface area contributed by atoms with Gasteiger partial charge in [-0.1, -0.05) is 36.4 Å². The van der Waals surface area contributed by atoms with Crippen molar-refractivity contribution in [2.24, 2.45) is 0 Å². The molecule has 4 aliphatic rings. The first-order valence-corrected chi connectivity index (χ1v) is 12.5. The largest absolute Gasteiger partial charge is 0.379 e. The molecule has 4 aliphatic heterocycles. The zero-order valence-electron chi connectivity index (χ0n) is 19.1. The van der Waals surface area contributed by atoms with Gasteiger partial charge in [-0.3, -0.25) is 9.69 Å². The van der Waals surface area contributed by atoms with Crippen molar-refractivity contribution in [2.45, 2.75) is 31.0 Å². The molecule has 3 amide bonds. The lowest BCUT2D eigenvalue weighted by molar-refractivity contribution is -0.120. The Labute approximate surface area is 204 Å². The van der Waals surface area contributed by atoms with Crippen molar-refractivity contribution in [1.82, 2.24) is 20.0 Å². The van der Waals surface area contributed by atoms with Crippen LogP contribution in [0.1, 0.15) is 12.8 Å². The number of anilines is 1. The van der Waals surface area contributed by atoms with Crippen LogP contribution in [0.3, 0.4) is 0 Å². The molecule has 3 atom stereocenters. The Kier molecular flexibility index (Phi) is 5.63.